The minimum atomic E-state index is -0.263. The number of ether oxygens (including phenoxy) is 5. The summed E-state index contributed by atoms with van der Waals surface area (Å²) in [5, 5.41) is 8.84. The standard InChI is InChI=1S/C29H33N5O7/c1-37-18-29(36)34(16-20-4-8-24-26(14-20)41-19-40-24)17-28(35)33-12-10-32(11-13-33)27-9-7-23(30-31-27)22-6-5-21(38-2)15-25(22)39-3/h4-9,14-15H,10-13,16-19H2,1-3H3. The molecular formula is C29H33N5O7. The minimum Gasteiger partial charge on any atom is -0.497 e. The fourth-order valence-corrected chi connectivity index (χ4v) is 4.80. The minimum absolute atomic E-state index is 0.0468. The van der Waals surface area contributed by atoms with Gasteiger partial charge in [0.1, 0.15) is 24.7 Å². The quantitative estimate of drug-likeness (QED) is 0.364. The Morgan fingerprint density at radius 3 is 2.41 bits per heavy atom. The van der Waals surface area contributed by atoms with Crippen LogP contribution in [0.4, 0.5) is 5.82 Å². The van der Waals surface area contributed by atoms with Crippen LogP contribution in [0.1, 0.15) is 5.56 Å². The van der Waals surface area contributed by atoms with Crippen LogP contribution >= 0.6 is 0 Å². The van der Waals surface area contributed by atoms with E-state index < -0.39 is 0 Å². The molecule has 2 aliphatic rings. The predicted octanol–water partition coefficient (Wildman–Crippen LogP) is 2.21. The summed E-state index contributed by atoms with van der Waals surface area (Å²) in [4.78, 5) is 31.4. The van der Waals surface area contributed by atoms with Gasteiger partial charge in [0.25, 0.3) is 0 Å². The van der Waals surface area contributed by atoms with Crippen LogP contribution < -0.4 is 23.8 Å². The van der Waals surface area contributed by atoms with Gasteiger partial charge in [-0.05, 0) is 42.0 Å². The average Bonchev–Trinajstić information content (AvgIpc) is 3.49. The molecule has 0 spiro atoms. The summed E-state index contributed by atoms with van der Waals surface area (Å²) in [6.07, 6.45) is 0. The second-order valence-electron chi connectivity index (χ2n) is 9.58. The number of carbonyl (C=O) groups is 2. The van der Waals surface area contributed by atoms with Crippen LogP contribution in [0.15, 0.2) is 48.5 Å². The van der Waals surface area contributed by atoms with Gasteiger partial charge in [-0.2, -0.15) is 0 Å². The normalized spacial score (nSPS) is 14.1. The lowest BCUT2D eigenvalue weighted by atomic mass is 10.1. The van der Waals surface area contributed by atoms with E-state index >= 15 is 0 Å². The van der Waals surface area contributed by atoms with Crippen molar-refractivity contribution in [3.63, 3.8) is 0 Å². The SMILES string of the molecule is COCC(=O)N(CC(=O)N1CCN(c2ccc(-c3ccc(OC)cc3OC)nn2)CC1)Cc1ccc2c(c1)OCO2. The largest absolute Gasteiger partial charge is 0.497 e. The lowest BCUT2D eigenvalue weighted by Gasteiger charge is -2.36. The molecule has 0 saturated carbocycles. The number of piperazine rings is 1. The Balaban J connectivity index is 1.19. The molecule has 2 aromatic carbocycles. The number of aromatic nitrogens is 2. The van der Waals surface area contributed by atoms with Crippen LogP contribution in [0.5, 0.6) is 23.0 Å². The number of anilines is 1. The van der Waals surface area contributed by atoms with E-state index in [4.69, 9.17) is 23.7 Å². The average molecular weight is 564 g/mol. The molecule has 12 nitrogen and oxygen atoms in total. The first kappa shape index (κ1) is 28.0. The van der Waals surface area contributed by atoms with Gasteiger partial charge in [0.2, 0.25) is 18.6 Å². The maximum atomic E-state index is 13.2. The number of methoxy groups -OCH3 is 3. The smallest absolute Gasteiger partial charge is 0.249 e. The zero-order chi connectivity index (χ0) is 28.8. The molecule has 3 aromatic rings. The summed E-state index contributed by atoms with van der Waals surface area (Å²) < 4.78 is 26.6. The van der Waals surface area contributed by atoms with Gasteiger partial charge < -0.3 is 38.4 Å². The van der Waals surface area contributed by atoms with Crippen molar-refractivity contribution >= 4 is 17.6 Å². The van der Waals surface area contributed by atoms with Crippen LogP contribution in [0.3, 0.4) is 0 Å². The Morgan fingerprint density at radius 2 is 1.71 bits per heavy atom. The molecule has 3 heterocycles. The number of amides is 2. The van der Waals surface area contributed by atoms with Gasteiger partial charge in [-0.25, -0.2) is 0 Å². The number of benzene rings is 2. The van der Waals surface area contributed by atoms with Crippen molar-refractivity contribution in [3.8, 4) is 34.3 Å². The Bertz CT molecular complexity index is 1380. The molecule has 0 aliphatic carbocycles. The second kappa shape index (κ2) is 12.7. The Kier molecular flexibility index (Phi) is 8.68. The molecule has 1 aromatic heterocycles. The lowest BCUT2D eigenvalue weighted by molar-refractivity contribution is -0.143. The summed E-state index contributed by atoms with van der Waals surface area (Å²) in [5.74, 6) is 2.98. The highest BCUT2D eigenvalue weighted by Crippen LogP contribution is 2.33. The van der Waals surface area contributed by atoms with Crippen molar-refractivity contribution in [3.05, 3.63) is 54.1 Å². The summed E-state index contributed by atoms with van der Waals surface area (Å²) in [5.41, 5.74) is 2.34. The Labute approximate surface area is 238 Å². The van der Waals surface area contributed by atoms with Gasteiger partial charge >= 0.3 is 0 Å². The third-order valence-electron chi connectivity index (χ3n) is 7.05. The fraction of sp³-hybridized carbons (Fsp3) is 0.379. The first-order valence-corrected chi connectivity index (χ1v) is 13.2. The van der Waals surface area contributed by atoms with Crippen LogP contribution in [0.2, 0.25) is 0 Å². The highest BCUT2D eigenvalue weighted by Gasteiger charge is 2.26. The summed E-state index contributed by atoms with van der Waals surface area (Å²) in [7, 11) is 4.67. The maximum absolute atomic E-state index is 13.2. The van der Waals surface area contributed by atoms with Crippen molar-refractivity contribution in [2.45, 2.75) is 6.54 Å². The van der Waals surface area contributed by atoms with E-state index in [1.807, 2.05) is 36.4 Å². The number of nitrogens with zero attached hydrogens (tertiary/aromatic N) is 5. The van der Waals surface area contributed by atoms with E-state index in [-0.39, 0.29) is 38.3 Å². The van der Waals surface area contributed by atoms with Crippen molar-refractivity contribution in [2.75, 3.05) is 72.4 Å². The molecule has 216 valence electrons. The Morgan fingerprint density at radius 1 is 0.902 bits per heavy atom. The second-order valence-corrected chi connectivity index (χ2v) is 9.58. The zero-order valence-electron chi connectivity index (χ0n) is 23.4. The van der Waals surface area contributed by atoms with Crippen molar-refractivity contribution in [1.82, 2.24) is 20.0 Å². The first-order chi connectivity index (χ1) is 20.0. The lowest BCUT2D eigenvalue weighted by Crippen LogP contribution is -2.52. The summed E-state index contributed by atoms with van der Waals surface area (Å²) >= 11 is 0. The van der Waals surface area contributed by atoms with Gasteiger partial charge in [-0.1, -0.05) is 6.07 Å². The topological polar surface area (TPSA) is 116 Å². The molecule has 0 atom stereocenters. The van der Waals surface area contributed by atoms with E-state index in [0.717, 1.165) is 16.9 Å². The number of carbonyl (C=O) groups excluding carboxylic acids is 2. The maximum Gasteiger partial charge on any atom is 0.249 e. The third-order valence-corrected chi connectivity index (χ3v) is 7.05. The molecule has 0 bridgehead atoms. The van der Waals surface area contributed by atoms with Gasteiger partial charge in [0.15, 0.2) is 17.3 Å². The molecule has 0 radical (unpaired) electrons. The molecule has 5 rings (SSSR count). The molecule has 1 fully saturated rings. The van der Waals surface area contributed by atoms with Crippen molar-refractivity contribution in [1.29, 1.82) is 0 Å². The van der Waals surface area contributed by atoms with Gasteiger partial charge in [-0.3, -0.25) is 9.59 Å². The van der Waals surface area contributed by atoms with Gasteiger partial charge in [0, 0.05) is 51.5 Å². The van der Waals surface area contributed by atoms with E-state index in [1.54, 1.807) is 31.3 Å². The molecule has 2 amide bonds. The number of rotatable bonds is 10. The van der Waals surface area contributed by atoms with E-state index in [1.165, 1.54) is 12.0 Å². The molecule has 0 N–H and O–H groups in total. The summed E-state index contributed by atoms with van der Waals surface area (Å²) in [6, 6.07) is 14.9. The number of fused-ring (bicyclic) bond motifs is 1. The molecular weight excluding hydrogens is 530 g/mol. The molecule has 0 unspecified atom stereocenters. The number of hydrogen-bond acceptors (Lipinski definition) is 10. The summed E-state index contributed by atoms with van der Waals surface area (Å²) in [6.45, 7) is 2.47. The number of hydrogen-bond donors (Lipinski definition) is 0. The predicted molar refractivity (Wildman–Crippen MR) is 149 cm³/mol. The molecule has 1 saturated heterocycles. The van der Waals surface area contributed by atoms with Crippen LogP contribution in [-0.2, 0) is 20.9 Å². The monoisotopic (exact) mass is 563 g/mol. The molecule has 41 heavy (non-hydrogen) atoms. The van der Waals surface area contributed by atoms with Crippen LogP contribution in [0, 0.1) is 0 Å². The van der Waals surface area contributed by atoms with Crippen molar-refractivity contribution < 1.29 is 33.3 Å². The van der Waals surface area contributed by atoms with Crippen molar-refractivity contribution in [2.24, 2.45) is 0 Å². The molecule has 12 heteroatoms. The highest BCUT2D eigenvalue weighted by atomic mass is 16.7. The fourth-order valence-electron chi connectivity index (χ4n) is 4.80. The van der Waals surface area contributed by atoms with E-state index in [2.05, 4.69) is 15.1 Å². The highest BCUT2D eigenvalue weighted by molar-refractivity contribution is 5.85. The zero-order valence-corrected chi connectivity index (χ0v) is 23.4. The third kappa shape index (κ3) is 6.43. The first-order valence-electron chi connectivity index (χ1n) is 13.2. The van der Waals surface area contributed by atoms with Gasteiger partial charge in [0.05, 0.1) is 19.9 Å². The van der Waals surface area contributed by atoms with Gasteiger partial charge in [-0.15, -0.1) is 10.2 Å². The van der Waals surface area contributed by atoms with Crippen LogP contribution in [-0.4, -0.2) is 99.3 Å². The van der Waals surface area contributed by atoms with E-state index in [9.17, 15) is 9.59 Å². The molecule has 2 aliphatic heterocycles. The van der Waals surface area contributed by atoms with Crippen LogP contribution in [0.25, 0.3) is 11.3 Å². The Hall–Kier alpha value is -4.58. The van der Waals surface area contributed by atoms with E-state index in [0.29, 0.717) is 54.9 Å².